The quantitative estimate of drug-likeness (QED) is 0.287. The van der Waals surface area contributed by atoms with Gasteiger partial charge in [-0.3, -0.25) is 28.9 Å². The molecule has 182 valence electrons. The van der Waals surface area contributed by atoms with Gasteiger partial charge < -0.3 is 15.4 Å². The zero-order chi connectivity index (χ0) is 25.7. The Balaban J connectivity index is 1.25. The minimum absolute atomic E-state index is 0.0129. The lowest BCUT2D eigenvalue weighted by atomic mass is 10.1. The first-order valence-electron chi connectivity index (χ1n) is 11.2. The van der Waals surface area contributed by atoms with Crippen molar-refractivity contribution < 1.29 is 28.7 Å². The molecule has 1 aliphatic heterocycles. The first-order valence-corrected chi connectivity index (χ1v) is 11.2. The van der Waals surface area contributed by atoms with E-state index in [0.717, 1.165) is 10.5 Å². The van der Waals surface area contributed by atoms with Crippen molar-refractivity contribution in [3.05, 3.63) is 95.1 Å². The summed E-state index contributed by atoms with van der Waals surface area (Å²) in [5, 5.41) is 5.53. The Hall–Kier alpha value is -4.79. The summed E-state index contributed by atoms with van der Waals surface area (Å²) in [5.41, 5.74) is 2.41. The van der Waals surface area contributed by atoms with Gasteiger partial charge in [0.2, 0.25) is 5.91 Å². The van der Waals surface area contributed by atoms with Gasteiger partial charge in [0.25, 0.3) is 17.7 Å². The smallest absolute Gasteiger partial charge is 0.308 e. The second-order valence-electron chi connectivity index (χ2n) is 8.11. The Morgan fingerprint density at radius 1 is 0.861 bits per heavy atom. The van der Waals surface area contributed by atoms with E-state index < -0.39 is 17.8 Å². The van der Waals surface area contributed by atoms with E-state index in [4.69, 9.17) is 4.74 Å². The second-order valence-corrected chi connectivity index (χ2v) is 8.11. The molecule has 9 heteroatoms. The Morgan fingerprint density at radius 3 is 2.17 bits per heavy atom. The maximum absolute atomic E-state index is 12.4. The summed E-state index contributed by atoms with van der Waals surface area (Å²) in [6.07, 6.45) is -0.0321. The predicted molar refractivity (Wildman–Crippen MR) is 130 cm³/mol. The number of esters is 1. The van der Waals surface area contributed by atoms with Crippen LogP contribution in [0.4, 0.5) is 5.69 Å². The maximum Gasteiger partial charge on any atom is 0.308 e. The highest BCUT2D eigenvalue weighted by atomic mass is 16.5. The topological polar surface area (TPSA) is 122 Å². The average Bonchev–Trinajstić information content (AvgIpc) is 3.11. The molecule has 3 aromatic rings. The van der Waals surface area contributed by atoms with Crippen molar-refractivity contribution in [2.75, 3.05) is 11.9 Å². The standard InChI is InChI=1S/C27H23N3O6/c1-17(31)36-21-6-4-5-19(15-21)25(33)28-16-18-9-11-20(12-10-18)29-24(32)13-14-30-26(34)22-7-2-3-8-23(22)27(30)35/h2-12,15H,13-14,16H2,1H3,(H,28,33)(H,29,32). The van der Waals surface area contributed by atoms with Crippen LogP contribution in [0.1, 0.15) is 50.0 Å². The van der Waals surface area contributed by atoms with Gasteiger partial charge in [0, 0.05) is 37.7 Å². The number of rotatable bonds is 8. The zero-order valence-corrected chi connectivity index (χ0v) is 19.4. The SMILES string of the molecule is CC(=O)Oc1cccc(C(=O)NCc2ccc(NC(=O)CCN3C(=O)c4ccccc4C3=O)cc2)c1. The number of amides is 4. The van der Waals surface area contributed by atoms with Crippen LogP contribution in [0.15, 0.2) is 72.8 Å². The molecule has 0 saturated carbocycles. The lowest BCUT2D eigenvalue weighted by molar-refractivity contribution is -0.131. The number of imide groups is 1. The summed E-state index contributed by atoms with van der Waals surface area (Å²) in [6.45, 7) is 1.53. The Morgan fingerprint density at radius 2 is 1.53 bits per heavy atom. The normalized spacial score (nSPS) is 12.2. The molecule has 0 saturated heterocycles. The van der Waals surface area contributed by atoms with Gasteiger partial charge in [0.05, 0.1) is 11.1 Å². The minimum atomic E-state index is -0.469. The molecule has 0 radical (unpaired) electrons. The molecule has 3 aromatic carbocycles. The van der Waals surface area contributed by atoms with E-state index >= 15 is 0 Å². The first-order chi connectivity index (χ1) is 17.3. The fourth-order valence-corrected chi connectivity index (χ4v) is 3.74. The average molecular weight is 485 g/mol. The molecule has 0 aliphatic carbocycles. The third-order valence-electron chi connectivity index (χ3n) is 5.49. The summed E-state index contributed by atoms with van der Waals surface area (Å²) in [7, 11) is 0. The van der Waals surface area contributed by atoms with Crippen LogP contribution in [0, 0.1) is 0 Å². The molecule has 36 heavy (non-hydrogen) atoms. The Labute approximate surface area is 207 Å². The third kappa shape index (κ3) is 5.64. The highest BCUT2D eigenvalue weighted by Crippen LogP contribution is 2.22. The minimum Gasteiger partial charge on any atom is -0.427 e. The fraction of sp³-hybridized carbons (Fsp3) is 0.148. The number of fused-ring (bicyclic) bond motifs is 1. The molecule has 4 amide bonds. The summed E-state index contributed by atoms with van der Waals surface area (Å²) < 4.78 is 4.99. The number of nitrogens with zero attached hydrogens (tertiary/aromatic N) is 1. The van der Waals surface area contributed by atoms with Gasteiger partial charge >= 0.3 is 5.97 Å². The number of hydrogen-bond donors (Lipinski definition) is 2. The lowest BCUT2D eigenvalue weighted by Gasteiger charge is -2.13. The summed E-state index contributed by atoms with van der Waals surface area (Å²) in [6, 6.07) is 19.8. The van der Waals surface area contributed by atoms with E-state index in [9.17, 15) is 24.0 Å². The Kier molecular flexibility index (Phi) is 7.20. The van der Waals surface area contributed by atoms with E-state index in [1.165, 1.54) is 13.0 Å². The van der Waals surface area contributed by atoms with Crippen molar-refractivity contribution in [1.29, 1.82) is 0 Å². The van der Waals surface area contributed by atoms with Crippen molar-refractivity contribution >= 4 is 35.3 Å². The number of carbonyl (C=O) groups is 5. The van der Waals surface area contributed by atoms with E-state index in [0.29, 0.717) is 28.1 Å². The van der Waals surface area contributed by atoms with E-state index in [2.05, 4.69) is 10.6 Å². The number of anilines is 1. The highest BCUT2D eigenvalue weighted by molar-refractivity contribution is 6.21. The molecule has 0 aromatic heterocycles. The van der Waals surface area contributed by atoms with Crippen LogP contribution in [0.25, 0.3) is 0 Å². The van der Waals surface area contributed by atoms with Crippen molar-refractivity contribution in [1.82, 2.24) is 10.2 Å². The van der Waals surface area contributed by atoms with Crippen LogP contribution in [0.5, 0.6) is 5.75 Å². The van der Waals surface area contributed by atoms with Crippen molar-refractivity contribution in [2.24, 2.45) is 0 Å². The number of nitrogens with one attached hydrogen (secondary N) is 2. The van der Waals surface area contributed by atoms with Crippen LogP contribution in [0.2, 0.25) is 0 Å². The summed E-state index contributed by atoms with van der Waals surface area (Å²) in [5.74, 6) is -1.63. The molecular formula is C27H23N3O6. The summed E-state index contributed by atoms with van der Waals surface area (Å²) >= 11 is 0. The molecule has 0 fully saturated rings. The van der Waals surface area contributed by atoms with Crippen molar-refractivity contribution in [3.63, 3.8) is 0 Å². The molecule has 4 rings (SSSR count). The third-order valence-corrected chi connectivity index (χ3v) is 5.49. The van der Waals surface area contributed by atoms with E-state index in [1.54, 1.807) is 66.7 Å². The van der Waals surface area contributed by atoms with Crippen molar-refractivity contribution in [2.45, 2.75) is 19.9 Å². The number of benzene rings is 3. The molecule has 0 unspecified atom stereocenters. The molecular weight excluding hydrogens is 462 g/mol. The molecule has 2 N–H and O–H groups in total. The second kappa shape index (κ2) is 10.6. The zero-order valence-electron chi connectivity index (χ0n) is 19.4. The number of carbonyl (C=O) groups excluding carboxylic acids is 5. The molecule has 0 atom stereocenters. The van der Waals surface area contributed by atoms with Crippen LogP contribution < -0.4 is 15.4 Å². The van der Waals surface area contributed by atoms with Gasteiger partial charge in [-0.15, -0.1) is 0 Å². The van der Waals surface area contributed by atoms with Gasteiger partial charge in [-0.1, -0.05) is 30.3 Å². The van der Waals surface area contributed by atoms with Gasteiger partial charge in [0.15, 0.2) is 0 Å². The van der Waals surface area contributed by atoms with Gasteiger partial charge in [-0.2, -0.15) is 0 Å². The number of ether oxygens (including phenoxy) is 1. The highest BCUT2D eigenvalue weighted by Gasteiger charge is 2.34. The Bertz CT molecular complexity index is 1310. The van der Waals surface area contributed by atoms with E-state index in [1.807, 2.05) is 0 Å². The summed E-state index contributed by atoms with van der Waals surface area (Å²) in [4.78, 5) is 61.7. The molecule has 0 bridgehead atoms. The molecule has 1 heterocycles. The van der Waals surface area contributed by atoms with Crippen LogP contribution in [-0.2, 0) is 16.1 Å². The lowest BCUT2D eigenvalue weighted by Crippen LogP contribution is -2.32. The number of hydrogen-bond acceptors (Lipinski definition) is 6. The molecule has 1 aliphatic rings. The van der Waals surface area contributed by atoms with Gasteiger partial charge in [0.1, 0.15) is 5.75 Å². The maximum atomic E-state index is 12.4. The molecule has 0 spiro atoms. The molecule has 9 nitrogen and oxygen atoms in total. The van der Waals surface area contributed by atoms with Gasteiger partial charge in [-0.05, 0) is 48.0 Å². The van der Waals surface area contributed by atoms with Crippen molar-refractivity contribution in [3.8, 4) is 5.75 Å². The van der Waals surface area contributed by atoms with E-state index in [-0.39, 0.29) is 31.3 Å². The first kappa shape index (κ1) is 24.3. The monoisotopic (exact) mass is 485 g/mol. The fourth-order valence-electron chi connectivity index (χ4n) is 3.74. The predicted octanol–water partition coefficient (Wildman–Crippen LogP) is 3.17. The van der Waals surface area contributed by atoms with Crippen LogP contribution in [0.3, 0.4) is 0 Å². The van der Waals surface area contributed by atoms with Gasteiger partial charge in [-0.25, -0.2) is 0 Å². The largest absolute Gasteiger partial charge is 0.427 e. The van der Waals surface area contributed by atoms with Crippen LogP contribution >= 0.6 is 0 Å². The van der Waals surface area contributed by atoms with Crippen LogP contribution in [-0.4, -0.2) is 41.0 Å².